The molecule has 0 radical (unpaired) electrons. The van der Waals surface area contributed by atoms with Crippen molar-refractivity contribution in [2.75, 3.05) is 0 Å². The molecule has 0 saturated heterocycles. The number of phenols is 2. The molecule has 0 amide bonds. The number of aromatic hydroxyl groups is 2. The topological polar surface area (TPSA) is 57.5 Å². The molecule has 0 spiro atoms. The van der Waals surface area contributed by atoms with Gasteiger partial charge in [-0.05, 0) is 42.3 Å². The maximum atomic E-state index is 11.4. The Morgan fingerprint density at radius 2 is 1.26 bits per heavy atom. The standard InChI is InChI=1S/C16H16O3/c1-11(17)10-16(12-2-6-14(18)7-3-12)13-4-8-15(19)9-5-13/h2-9,16,18-19H,10H2,1H3. The first-order valence-electron chi connectivity index (χ1n) is 6.13. The molecule has 0 heterocycles. The summed E-state index contributed by atoms with van der Waals surface area (Å²) in [5.74, 6) is 0.455. The Morgan fingerprint density at radius 1 is 0.895 bits per heavy atom. The number of hydrogen-bond acceptors (Lipinski definition) is 3. The van der Waals surface area contributed by atoms with Crippen molar-refractivity contribution < 1.29 is 15.0 Å². The van der Waals surface area contributed by atoms with Crippen LogP contribution in [0.25, 0.3) is 0 Å². The van der Waals surface area contributed by atoms with E-state index < -0.39 is 0 Å². The molecule has 98 valence electrons. The second-order valence-electron chi connectivity index (χ2n) is 4.64. The first kappa shape index (κ1) is 13.1. The van der Waals surface area contributed by atoms with Crippen LogP contribution in [0.15, 0.2) is 48.5 Å². The van der Waals surface area contributed by atoms with Crippen LogP contribution in [0.1, 0.15) is 30.4 Å². The smallest absolute Gasteiger partial charge is 0.130 e. The first-order chi connectivity index (χ1) is 9.06. The van der Waals surface area contributed by atoms with Crippen LogP contribution in [-0.4, -0.2) is 16.0 Å². The third-order valence-corrected chi connectivity index (χ3v) is 3.08. The van der Waals surface area contributed by atoms with E-state index in [9.17, 15) is 15.0 Å². The normalized spacial score (nSPS) is 10.6. The van der Waals surface area contributed by atoms with Crippen LogP contribution in [0.4, 0.5) is 0 Å². The van der Waals surface area contributed by atoms with Crippen molar-refractivity contribution in [1.82, 2.24) is 0 Å². The molecule has 0 aliphatic rings. The highest BCUT2D eigenvalue weighted by Gasteiger charge is 2.16. The zero-order chi connectivity index (χ0) is 13.8. The van der Waals surface area contributed by atoms with Gasteiger partial charge < -0.3 is 10.2 Å². The van der Waals surface area contributed by atoms with Crippen molar-refractivity contribution in [3.8, 4) is 11.5 Å². The fourth-order valence-corrected chi connectivity index (χ4v) is 2.13. The number of hydrogen-bond donors (Lipinski definition) is 2. The monoisotopic (exact) mass is 256 g/mol. The number of Topliss-reactive ketones (excluding diaryl/α,β-unsaturated/α-hetero) is 1. The van der Waals surface area contributed by atoms with Gasteiger partial charge in [0.05, 0.1) is 0 Å². The Morgan fingerprint density at radius 3 is 1.58 bits per heavy atom. The second kappa shape index (κ2) is 5.57. The predicted molar refractivity (Wildman–Crippen MR) is 73.4 cm³/mol. The lowest BCUT2D eigenvalue weighted by atomic mass is 9.87. The fraction of sp³-hybridized carbons (Fsp3) is 0.188. The molecule has 3 heteroatoms. The molecule has 0 bridgehead atoms. The maximum absolute atomic E-state index is 11.4. The van der Waals surface area contributed by atoms with Gasteiger partial charge in [0.1, 0.15) is 17.3 Å². The maximum Gasteiger partial charge on any atom is 0.130 e. The molecule has 2 N–H and O–H groups in total. The zero-order valence-corrected chi connectivity index (χ0v) is 10.7. The quantitative estimate of drug-likeness (QED) is 0.883. The van der Waals surface area contributed by atoms with E-state index in [1.165, 1.54) is 0 Å². The van der Waals surface area contributed by atoms with Crippen molar-refractivity contribution >= 4 is 5.78 Å². The summed E-state index contributed by atoms with van der Waals surface area (Å²) in [6.45, 7) is 1.56. The van der Waals surface area contributed by atoms with Gasteiger partial charge in [-0.15, -0.1) is 0 Å². The van der Waals surface area contributed by atoms with E-state index in [4.69, 9.17) is 0 Å². The number of carbonyl (C=O) groups excluding carboxylic acids is 1. The Kier molecular flexibility index (Phi) is 3.85. The van der Waals surface area contributed by atoms with Gasteiger partial charge in [0.25, 0.3) is 0 Å². The Balaban J connectivity index is 2.37. The van der Waals surface area contributed by atoms with Crippen molar-refractivity contribution in [3.05, 3.63) is 59.7 Å². The van der Waals surface area contributed by atoms with E-state index in [0.29, 0.717) is 6.42 Å². The van der Waals surface area contributed by atoms with Gasteiger partial charge in [0, 0.05) is 12.3 Å². The first-order valence-corrected chi connectivity index (χ1v) is 6.13. The van der Waals surface area contributed by atoms with Gasteiger partial charge in [0.15, 0.2) is 0 Å². The van der Waals surface area contributed by atoms with Crippen molar-refractivity contribution in [3.63, 3.8) is 0 Å². The molecule has 2 aromatic rings. The molecule has 0 aromatic heterocycles. The lowest BCUT2D eigenvalue weighted by Crippen LogP contribution is -2.06. The molecule has 0 atom stereocenters. The van der Waals surface area contributed by atoms with Crippen LogP contribution in [0.3, 0.4) is 0 Å². The minimum absolute atomic E-state index is 0.0568. The average molecular weight is 256 g/mol. The van der Waals surface area contributed by atoms with Crippen molar-refractivity contribution in [1.29, 1.82) is 0 Å². The molecular formula is C16H16O3. The number of phenolic OH excluding ortho intramolecular Hbond substituents is 2. The van der Waals surface area contributed by atoms with Gasteiger partial charge in [-0.2, -0.15) is 0 Å². The van der Waals surface area contributed by atoms with Crippen molar-refractivity contribution in [2.45, 2.75) is 19.3 Å². The van der Waals surface area contributed by atoms with Gasteiger partial charge in [-0.25, -0.2) is 0 Å². The van der Waals surface area contributed by atoms with Crippen LogP contribution in [0, 0.1) is 0 Å². The van der Waals surface area contributed by atoms with Gasteiger partial charge in [-0.1, -0.05) is 24.3 Å². The fourth-order valence-electron chi connectivity index (χ4n) is 2.13. The molecule has 0 saturated carbocycles. The van der Waals surface area contributed by atoms with Gasteiger partial charge in [0.2, 0.25) is 0 Å². The van der Waals surface area contributed by atoms with Crippen LogP contribution in [0.2, 0.25) is 0 Å². The predicted octanol–water partition coefficient (Wildman–Crippen LogP) is 3.21. The summed E-state index contributed by atoms with van der Waals surface area (Å²) < 4.78 is 0. The summed E-state index contributed by atoms with van der Waals surface area (Å²) in [4.78, 5) is 11.4. The zero-order valence-electron chi connectivity index (χ0n) is 10.7. The van der Waals surface area contributed by atoms with E-state index in [0.717, 1.165) is 11.1 Å². The second-order valence-corrected chi connectivity index (χ2v) is 4.64. The van der Waals surface area contributed by atoms with Crippen LogP contribution < -0.4 is 0 Å². The molecular weight excluding hydrogens is 240 g/mol. The highest BCUT2D eigenvalue weighted by molar-refractivity contribution is 5.77. The van der Waals surface area contributed by atoms with E-state index in [1.54, 1.807) is 31.2 Å². The number of ketones is 1. The molecule has 0 aliphatic carbocycles. The summed E-state index contributed by atoms with van der Waals surface area (Å²) in [6, 6.07) is 13.7. The Bertz CT molecular complexity index is 510. The van der Waals surface area contributed by atoms with Crippen LogP contribution >= 0.6 is 0 Å². The largest absolute Gasteiger partial charge is 0.508 e. The minimum Gasteiger partial charge on any atom is -0.508 e. The molecule has 3 nitrogen and oxygen atoms in total. The number of rotatable bonds is 4. The number of carbonyl (C=O) groups is 1. The summed E-state index contributed by atoms with van der Waals surface area (Å²) in [5, 5.41) is 18.7. The summed E-state index contributed by atoms with van der Waals surface area (Å²) in [5.41, 5.74) is 1.94. The summed E-state index contributed by atoms with van der Waals surface area (Å²) in [7, 11) is 0. The highest BCUT2D eigenvalue weighted by Crippen LogP contribution is 2.30. The van der Waals surface area contributed by atoms with E-state index in [1.807, 2.05) is 24.3 Å². The molecule has 0 fully saturated rings. The SMILES string of the molecule is CC(=O)CC(c1ccc(O)cc1)c1ccc(O)cc1. The van der Waals surface area contributed by atoms with Gasteiger partial charge in [-0.3, -0.25) is 4.79 Å². The number of benzene rings is 2. The molecule has 0 aliphatic heterocycles. The van der Waals surface area contributed by atoms with E-state index in [-0.39, 0.29) is 23.2 Å². The molecule has 2 aromatic carbocycles. The van der Waals surface area contributed by atoms with Crippen molar-refractivity contribution in [2.24, 2.45) is 0 Å². The summed E-state index contributed by atoms with van der Waals surface area (Å²) in [6.07, 6.45) is 0.398. The molecule has 2 rings (SSSR count). The van der Waals surface area contributed by atoms with E-state index in [2.05, 4.69) is 0 Å². The van der Waals surface area contributed by atoms with Gasteiger partial charge >= 0.3 is 0 Å². The lowest BCUT2D eigenvalue weighted by molar-refractivity contribution is -0.117. The highest BCUT2D eigenvalue weighted by atomic mass is 16.3. The Hall–Kier alpha value is -2.29. The average Bonchev–Trinajstić information content (AvgIpc) is 2.38. The third kappa shape index (κ3) is 3.35. The minimum atomic E-state index is -0.0568. The third-order valence-electron chi connectivity index (χ3n) is 3.08. The lowest BCUT2D eigenvalue weighted by Gasteiger charge is -2.17. The van der Waals surface area contributed by atoms with E-state index >= 15 is 0 Å². The summed E-state index contributed by atoms with van der Waals surface area (Å²) >= 11 is 0. The van der Waals surface area contributed by atoms with Crippen LogP contribution in [0.5, 0.6) is 11.5 Å². The van der Waals surface area contributed by atoms with Crippen LogP contribution in [-0.2, 0) is 4.79 Å². The molecule has 0 unspecified atom stereocenters. The molecule has 19 heavy (non-hydrogen) atoms. The Labute approximate surface area is 112 Å².